The molecule has 1 aromatic carbocycles. The van der Waals surface area contributed by atoms with Crippen molar-refractivity contribution in [2.45, 2.75) is 26.3 Å². The quantitative estimate of drug-likeness (QED) is 0.773. The molecular formula is C17H17N3O2S. The molecule has 2 heterocycles. The number of pyridine rings is 1. The maximum Gasteiger partial charge on any atom is 0.255 e. The third-order valence-corrected chi connectivity index (χ3v) is 5.02. The van der Waals surface area contributed by atoms with Crippen molar-refractivity contribution in [3.63, 3.8) is 0 Å². The maximum atomic E-state index is 12.6. The summed E-state index contributed by atoms with van der Waals surface area (Å²) in [5, 5.41) is 4.98. The van der Waals surface area contributed by atoms with E-state index in [1.165, 1.54) is 11.1 Å². The van der Waals surface area contributed by atoms with Crippen LogP contribution in [0.2, 0.25) is 0 Å². The molecule has 0 radical (unpaired) electrons. The Morgan fingerprint density at radius 3 is 2.78 bits per heavy atom. The minimum atomic E-state index is -0.224. The Balaban J connectivity index is 1.89. The molecule has 23 heavy (non-hydrogen) atoms. The average Bonchev–Trinajstić information content (AvgIpc) is 3.04. The van der Waals surface area contributed by atoms with Gasteiger partial charge in [-0.15, -0.1) is 11.3 Å². The summed E-state index contributed by atoms with van der Waals surface area (Å²) < 4.78 is 0. The fourth-order valence-corrected chi connectivity index (χ4v) is 3.28. The minimum absolute atomic E-state index is 0.182. The van der Waals surface area contributed by atoms with Crippen molar-refractivity contribution in [3.8, 4) is 0 Å². The van der Waals surface area contributed by atoms with Crippen LogP contribution in [0.1, 0.15) is 40.1 Å². The SMILES string of the molecule is CCc1cnc(C(C)NC(=O)c2c[nH]c(=O)c3ccccc23)s1. The van der Waals surface area contributed by atoms with Crippen molar-refractivity contribution in [1.29, 1.82) is 0 Å². The van der Waals surface area contributed by atoms with Crippen LogP contribution in [0.4, 0.5) is 0 Å². The van der Waals surface area contributed by atoms with Gasteiger partial charge in [0.05, 0.1) is 11.6 Å². The molecule has 1 atom stereocenters. The number of thiazole rings is 1. The zero-order chi connectivity index (χ0) is 16.4. The smallest absolute Gasteiger partial charge is 0.255 e. The molecule has 0 fully saturated rings. The Labute approximate surface area is 137 Å². The summed E-state index contributed by atoms with van der Waals surface area (Å²) in [6, 6.07) is 6.91. The van der Waals surface area contributed by atoms with Gasteiger partial charge in [0.25, 0.3) is 11.5 Å². The Hall–Kier alpha value is -2.47. The van der Waals surface area contributed by atoms with Gasteiger partial charge in [0.1, 0.15) is 5.01 Å². The van der Waals surface area contributed by atoms with Crippen LogP contribution in [0.5, 0.6) is 0 Å². The second-order valence-corrected chi connectivity index (χ2v) is 6.44. The van der Waals surface area contributed by atoms with Crippen LogP contribution in [0.25, 0.3) is 10.8 Å². The van der Waals surface area contributed by atoms with E-state index in [-0.39, 0.29) is 17.5 Å². The standard InChI is InChI=1S/C17H17N3O2S/c1-3-11-8-19-17(23-11)10(2)20-16(22)14-9-18-15(21)13-7-5-4-6-12(13)14/h4-10H,3H2,1-2H3,(H,18,21)(H,20,22). The van der Waals surface area contributed by atoms with E-state index in [4.69, 9.17) is 0 Å². The molecule has 0 spiro atoms. The zero-order valence-corrected chi connectivity index (χ0v) is 13.7. The first-order valence-electron chi connectivity index (χ1n) is 7.46. The molecular weight excluding hydrogens is 310 g/mol. The van der Waals surface area contributed by atoms with Crippen LogP contribution < -0.4 is 10.9 Å². The molecule has 0 saturated heterocycles. The molecule has 2 N–H and O–H groups in total. The molecule has 0 aliphatic heterocycles. The Morgan fingerprint density at radius 1 is 1.35 bits per heavy atom. The Morgan fingerprint density at radius 2 is 2.09 bits per heavy atom. The number of aryl methyl sites for hydroxylation is 1. The number of fused-ring (bicyclic) bond motifs is 1. The van der Waals surface area contributed by atoms with Gasteiger partial charge in [-0.1, -0.05) is 25.1 Å². The highest BCUT2D eigenvalue weighted by Crippen LogP contribution is 2.21. The van der Waals surface area contributed by atoms with Gasteiger partial charge < -0.3 is 10.3 Å². The van der Waals surface area contributed by atoms with Gasteiger partial charge in [-0.05, 0) is 19.4 Å². The summed E-state index contributed by atoms with van der Waals surface area (Å²) in [5.74, 6) is -0.224. The first-order chi connectivity index (χ1) is 11.1. The number of hydrogen-bond acceptors (Lipinski definition) is 4. The van der Waals surface area contributed by atoms with E-state index in [1.807, 2.05) is 19.2 Å². The number of carbonyl (C=O) groups excluding carboxylic acids is 1. The number of benzene rings is 1. The van der Waals surface area contributed by atoms with E-state index >= 15 is 0 Å². The molecule has 3 rings (SSSR count). The van der Waals surface area contributed by atoms with Gasteiger partial charge in [-0.2, -0.15) is 0 Å². The third-order valence-electron chi connectivity index (χ3n) is 3.69. The molecule has 2 aromatic heterocycles. The number of aromatic nitrogens is 2. The second-order valence-electron chi connectivity index (χ2n) is 5.29. The topological polar surface area (TPSA) is 74.8 Å². The van der Waals surface area contributed by atoms with E-state index in [2.05, 4.69) is 22.2 Å². The van der Waals surface area contributed by atoms with Gasteiger partial charge >= 0.3 is 0 Å². The monoisotopic (exact) mass is 327 g/mol. The number of nitrogens with zero attached hydrogens (tertiary/aromatic N) is 1. The maximum absolute atomic E-state index is 12.6. The number of rotatable bonds is 4. The van der Waals surface area contributed by atoms with Gasteiger partial charge in [0.15, 0.2) is 0 Å². The van der Waals surface area contributed by atoms with Crippen LogP contribution >= 0.6 is 11.3 Å². The Bertz CT molecular complexity index is 913. The zero-order valence-electron chi connectivity index (χ0n) is 12.9. The predicted molar refractivity (Wildman–Crippen MR) is 91.9 cm³/mol. The summed E-state index contributed by atoms with van der Waals surface area (Å²) in [6.07, 6.45) is 4.24. The number of amides is 1. The molecule has 3 aromatic rings. The number of carbonyl (C=O) groups is 1. The molecule has 0 aliphatic carbocycles. The van der Waals surface area contributed by atoms with E-state index in [0.29, 0.717) is 16.3 Å². The normalized spacial score (nSPS) is 12.3. The van der Waals surface area contributed by atoms with Crippen LogP contribution in [0.3, 0.4) is 0 Å². The summed E-state index contributed by atoms with van der Waals surface area (Å²) >= 11 is 1.60. The molecule has 0 bridgehead atoms. The van der Waals surface area contributed by atoms with E-state index < -0.39 is 0 Å². The fraction of sp³-hybridized carbons (Fsp3) is 0.235. The number of H-pyrrole nitrogens is 1. The van der Waals surface area contributed by atoms with Crippen molar-refractivity contribution in [3.05, 3.63) is 62.5 Å². The number of nitrogens with one attached hydrogen (secondary N) is 2. The summed E-state index contributed by atoms with van der Waals surface area (Å²) in [6.45, 7) is 3.98. The summed E-state index contributed by atoms with van der Waals surface area (Å²) in [7, 11) is 0. The van der Waals surface area contributed by atoms with E-state index in [0.717, 1.165) is 11.4 Å². The van der Waals surface area contributed by atoms with Gasteiger partial charge in [0.2, 0.25) is 0 Å². The fourth-order valence-electron chi connectivity index (χ4n) is 2.42. The van der Waals surface area contributed by atoms with Gasteiger partial charge in [-0.3, -0.25) is 9.59 Å². The number of hydrogen-bond donors (Lipinski definition) is 2. The molecule has 6 heteroatoms. The summed E-state index contributed by atoms with van der Waals surface area (Å²) in [4.78, 5) is 32.6. The van der Waals surface area contributed by atoms with Crippen molar-refractivity contribution in [2.24, 2.45) is 0 Å². The van der Waals surface area contributed by atoms with Crippen LogP contribution in [0.15, 0.2) is 41.5 Å². The van der Waals surface area contributed by atoms with Gasteiger partial charge in [-0.25, -0.2) is 4.98 Å². The molecule has 0 aliphatic rings. The first kappa shape index (κ1) is 15.4. The number of aromatic amines is 1. The molecule has 0 saturated carbocycles. The van der Waals surface area contributed by atoms with Crippen LogP contribution in [-0.4, -0.2) is 15.9 Å². The van der Waals surface area contributed by atoms with Crippen LogP contribution in [-0.2, 0) is 6.42 Å². The lowest BCUT2D eigenvalue weighted by Crippen LogP contribution is -2.27. The van der Waals surface area contributed by atoms with E-state index in [9.17, 15) is 9.59 Å². The minimum Gasteiger partial charge on any atom is -0.343 e. The predicted octanol–water partition coefficient (Wildman–Crippen LogP) is 3.04. The van der Waals surface area contributed by atoms with Crippen molar-refractivity contribution >= 4 is 28.0 Å². The highest BCUT2D eigenvalue weighted by Gasteiger charge is 2.17. The highest BCUT2D eigenvalue weighted by molar-refractivity contribution is 7.11. The first-order valence-corrected chi connectivity index (χ1v) is 8.27. The van der Waals surface area contributed by atoms with Crippen LogP contribution in [0, 0.1) is 0 Å². The lowest BCUT2D eigenvalue weighted by atomic mass is 10.1. The van der Waals surface area contributed by atoms with Crippen molar-refractivity contribution < 1.29 is 4.79 Å². The van der Waals surface area contributed by atoms with Crippen molar-refractivity contribution in [1.82, 2.24) is 15.3 Å². The highest BCUT2D eigenvalue weighted by atomic mass is 32.1. The third kappa shape index (κ3) is 3.03. The molecule has 5 nitrogen and oxygen atoms in total. The average molecular weight is 327 g/mol. The lowest BCUT2D eigenvalue weighted by molar-refractivity contribution is 0.0941. The second kappa shape index (κ2) is 6.34. The lowest BCUT2D eigenvalue weighted by Gasteiger charge is -2.12. The Kier molecular flexibility index (Phi) is 4.25. The largest absolute Gasteiger partial charge is 0.343 e. The molecule has 1 unspecified atom stereocenters. The van der Waals surface area contributed by atoms with Gasteiger partial charge in [0, 0.05) is 28.0 Å². The molecule has 1 amide bonds. The van der Waals surface area contributed by atoms with Crippen molar-refractivity contribution in [2.75, 3.05) is 0 Å². The summed E-state index contributed by atoms with van der Waals surface area (Å²) in [5.41, 5.74) is 0.261. The van der Waals surface area contributed by atoms with E-state index in [1.54, 1.807) is 29.5 Å². The molecule has 118 valence electrons.